The Morgan fingerprint density at radius 2 is 1.50 bits per heavy atom. The highest BCUT2D eigenvalue weighted by molar-refractivity contribution is 5.33. The highest BCUT2D eigenvalue weighted by atomic mass is 19.1. The fraction of sp³-hybridized carbons (Fsp3) is 0.333. The minimum absolute atomic E-state index is 0.107. The molecule has 0 radical (unpaired) electrons. The molecule has 2 heteroatoms. The van der Waals surface area contributed by atoms with Crippen molar-refractivity contribution in [3.63, 3.8) is 0 Å². The van der Waals surface area contributed by atoms with Gasteiger partial charge < -0.3 is 5.32 Å². The Labute approximate surface area is 120 Å². The Balaban J connectivity index is 2.17. The third-order valence-corrected chi connectivity index (χ3v) is 3.62. The van der Waals surface area contributed by atoms with Crippen molar-refractivity contribution < 1.29 is 4.39 Å². The first-order valence-corrected chi connectivity index (χ1v) is 7.26. The van der Waals surface area contributed by atoms with E-state index < -0.39 is 0 Å². The summed E-state index contributed by atoms with van der Waals surface area (Å²) in [5, 5.41) is 3.29. The number of rotatable bonds is 6. The van der Waals surface area contributed by atoms with Crippen molar-refractivity contribution in [2.75, 3.05) is 7.05 Å². The SMILES string of the molecule is CCCCc1ccc(C(NC)c2ccc(F)cc2)cc1. The Bertz CT molecular complexity index is 516. The zero-order valence-corrected chi connectivity index (χ0v) is 12.2. The normalized spacial score (nSPS) is 12.3. The van der Waals surface area contributed by atoms with E-state index in [2.05, 4.69) is 36.5 Å². The molecule has 0 fully saturated rings. The van der Waals surface area contributed by atoms with Crippen molar-refractivity contribution in [2.24, 2.45) is 0 Å². The molecule has 0 heterocycles. The van der Waals surface area contributed by atoms with Gasteiger partial charge in [0.05, 0.1) is 6.04 Å². The molecule has 0 saturated heterocycles. The maximum atomic E-state index is 13.0. The van der Waals surface area contributed by atoms with E-state index in [1.165, 1.54) is 36.1 Å². The fourth-order valence-electron chi connectivity index (χ4n) is 2.44. The Kier molecular flexibility index (Phi) is 5.31. The van der Waals surface area contributed by atoms with Crippen LogP contribution in [-0.2, 0) is 6.42 Å². The van der Waals surface area contributed by atoms with Gasteiger partial charge >= 0.3 is 0 Å². The van der Waals surface area contributed by atoms with E-state index in [0.29, 0.717) is 0 Å². The summed E-state index contributed by atoms with van der Waals surface area (Å²) in [6, 6.07) is 15.5. The third kappa shape index (κ3) is 3.67. The highest BCUT2D eigenvalue weighted by Crippen LogP contribution is 2.22. The summed E-state index contributed by atoms with van der Waals surface area (Å²) in [7, 11) is 1.93. The summed E-state index contributed by atoms with van der Waals surface area (Å²) in [6.45, 7) is 2.21. The lowest BCUT2D eigenvalue weighted by atomic mass is 9.97. The van der Waals surface area contributed by atoms with E-state index in [1.54, 1.807) is 0 Å². The zero-order chi connectivity index (χ0) is 14.4. The van der Waals surface area contributed by atoms with Crippen molar-refractivity contribution in [3.05, 3.63) is 71.0 Å². The molecule has 0 amide bonds. The molecule has 0 aliphatic rings. The van der Waals surface area contributed by atoms with Crippen molar-refractivity contribution >= 4 is 0 Å². The smallest absolute Gasteiger partial charge is 0.123 e. The molecular formula is C18H22FN. The quantitative estimate of drug-likeness (QED) is 0.817. The fourth-order valence-corrected chi connectivity index (χ4v) is 2.44. The predicted octanol–water partition coefficient (Wildman–Crippen LogP) is 4.48. The standard InChI is InChI=1S/C18H22FN/c1-3-4-5-14-6-8-15(9-7-14)18(20-2)16-10-12-17(19)13-11-16/h6-13,18,20H,3-5H2,1-2H3. The maximum absolute atomic E-state index is 13.0. The van der Waals surface area contributed by atoms with E-state index in [1.807, 2.05) is 19.2 Å². The van der Waals surface area contributed by atoms with Gasteiger partial charge in [-0.15, -0.1) is 0 Å². The van der Waals surface area contributed by atoms with Crippen LogP contribution in [0.4, 0.5) is 4.39 Å². The second-order valence-corrected chi connectivity index (χ2v) is 5.12. The van der Waals surface area contributed by atoms with E-state index in [0.717, 1.165) is 12.0 Å². The zero-order valence-electron chi connectivity index (χ0n) is 12.2. The van der Waals surface area contributed by atoms with Gasteiger partial charge in [-0.2, -0.15) is 0 Å². The van der Waals surface area contributed by atoms with E-state index >= 15 is 0 Å². The number of halogens is 1. The van der Waals surface area contributed by atoms with Crippen LogP contribution >= 0.6 is 0 Å². The van der Waals surface area contributed by atoms with Crippen LogP contribution in [-0.4, -0.2) is 7.05 Å². The molecule has 0 bridgehead atoms. The number of benzene rings is 2. The topological polar surface area (TPSA) is 12.0 Å². The average Bonchev–Trinajstić information content (AvgIpc) is 2.49. The monoisotopic (exact) mass is 271 g/mol. The minimum atomic E-state index is -0.196. The Hall–Kier alpha value is -1.67. The second-order valence-electron chi connectivity index (χ2n) is 5.12. The van der Waals surface area contributed by atoms with Crippen LogP contribution in [0.2, 0.25) is 0 Å². The number of aryl methyl sites for hydroxylation is 1. The molecule has 1 atom stereocenters. The summed E-state index contributed by atoms with van der Waals surface area (Å²) in [6.07, 6.45) is 3.58. The van der Waals surface area contributed by atoms with Crippen LogP contribution in [0.1, 0.15) is 42.5 Å². The van der Waals surface area contributed by atoms with Crippen LogP contribution < -0.4 is 5.32 Å². The number of hydrogen-bond donors (Lipinski definition) is 1. The van der Waals surface area contributed by atoms with Crippen molar-refractivity contribution in [2.45, 2.75) is 32.2 Å². The molecule has 2 rings (SSSR count). The maximum Gasteiger partial charge on any atom is 0.123 e. The molecule has 2 aromatic rings. The molecule has 20 heavy (non-hydrogen) atoms. The second kappa shape index (κ2) is 7.20. The van der Waals surface area contributed by atoms with Gasteiger partial charge in [0.1, 0.15) is 5.82 Å². The van der Waals surface area contributed by atoms with Gasteiger partial charge in [-0.25, -0.2) is 4.39 Å². The molecule has 2 aromatic carbocycles. The van der Waals surface area contributed by atoms with E-state index in [9.17, 15) is 4.39 Å². The molecule has 1 unspecified atom stereocenters. The molecule has 106 valence electrons. The van der Waals surface area contributed by atoms with Gasteiger partial charge in [0.15, 0.2) is 0 Å². The van der Waals surface area contributed by atoms with Crippen LogP contribution in [0.3, 0.4) is 0 Å². The van der Waals surface area contributed by atoms with Crippen LogP contribution in [0.15, 0.2) is 48.5 Å². The average molecular weight is 271 g/mol. The molecule has 1 nitrogen and oxygen atoms in total. The first-order chi connectivity index (χ1) is 9.74. The lowest BCUT2D eigenvalue weighted by Crippen LogP contribution is -2.17. The first kappa shape index (κ1) is 14.7. The molecule has 0 spiro atoms. The van der Waals surface area contributed by atoms with Crippen LogP contribution in [0.25, 0.3) is 0 Å². The van der Waals surface area contributed by atoms with Gasteiger partial charge in [0, 0.05) is 0 Å². The van der Waals surface area contributed by atoms with Gasteiger partial charge in [0.25, 0.3) is 0 Å². The van der Waals surface area contributed by atoms with Gasteiger partial charge in [-0.05, 0) is 48.7 Å². The van der Waals surface area contributed by atoms with Gasteiger partial charge in [-0.1, -0.05) is 49.7 Å². The molecule has 0 aliphatic carbocycles. The van der Waals surface area contributed by atoms with E-state index in [-0.39, 0.29) is 11.9 Å². The lowest BCUT2D eigenvalue weighted by Gasteiger charge is -2.17. The summed E-state index contributed by atoms with van der Waals surface area (Å²) in [4.78, 5) is 0. The van der Waals surface area contributed by atoms with Crippen molar-refractivity contribution in [1.29, 1.82) is 0 Å². The third-order valence-electron chi connectivity index (χ3n) is 3.62. The lowest BCUT2D eigenvalue weighted by molar-refractivity contribution is 0.623. The predicted molar refractivity (Wildman–Crippen MR) is 82.4 cm³/mol. The number of unbranched alkanes of at least 4 members (excludes halogenated alkanes) is 1. The molecular weight excluding hydrogens is 249 g/mol. The van der Waals surface area contributed by atoms with Gasteiger partial charge in [-0.3, -0.25) is 0 Å². The van der Waals surface area contributed by atoms with Crippen molar-refractivity contribution in [3.8, 4) is 0 Å². The summed E-state index contributed by atoms with van der Waals surface area (Å²) >= 11 is 0. The first-order valence-electron chi connectivity index (χ1n) is 7.26. The molecule has 0 saturated carbocycles. The van der Waals surface area contributed by atoms with E-state index in [4.69, 9.17) is 0 Å². The largest absolute Gasteiger partial charge is 0.309 e. The van der Waals surface area contributed by atoms with Crippen LogP contribution in [0, 0.1) is 5.82 Å². The van der Waals surface area contributed by atoms with Crippen molar-refractivity contribution in [1.82, 2.24) is 5.32 Å². The molecule has 0 aromatic heterocycles. The number of nitrogens with one attached hydrogen (secondary N) is 1. The highest BCUT2D eigenvalue weighted by Gasteiger charge is 2.11. The molecule has 1 N–H and O–H groups in total. The Morgan fingerprint density at radius 1 is 0.950 bits per heavy atom. The van der Waals surface area contributed by atoms with Gasteiger partial charge in [0.2, 0.25) is 0 Å². The summed E-state index contributed by atoms with van der Waals surface area (Å²) < 4.78 is 13.0. The minimum Gasteiger partial charge on any atom is -0.309 e. The Morgan fingerprint density at radius 3 is 2.00 bits per heavy atom. The number of hydrogen-bond acceptors (Lipinski definition) is 1. The summed E-state index contributed by atoms with van der Waals surface area (Å²) in [5.41, 5.74) is 3.67. The van der Waals surface area contributed by atoms with Crippen LogP contribution in [0.5, 0.6) is 0 Å². The summed E-state index contributed by atoms with van der Waals surface area (Å²) in [5.74, 6) is -0.196. The molecule has 0 aliphatic heterocycles.